The van der Waals surface area contributed by atoms with Crippen molar-refractivity contribution in [2.75, 3.05) is 0 Å². The van der Waals surface area contributed by atoms with Crippen molar-refractivity contribution < 1.29 is 13.2 Å². The molecule has 0 aliphatic rings. The Balaban J connectivity index is 3.48. The minimum absolute atomic E-state index is 0.164. The van der Waals surface area contributed by atoms with Gasteiger partial charge in [-0.2, -0.15) is 13.2 Å². The van der Waals surface area contributed by atoms with E-state index in [0.717, 1.165) is 6.07 Å². The Morgan fingerprint density at radius 1 is 1.13 bits per heavy atom. The molecule has 1 aromatic rings. The summed E-state index contributed by atoms with van der Waals surface area (Å²) in [5.41, 5.74) is 4.85. The quantitative estimate of drug-likeness (QED) is 0.768. The molecule has 0 unspecified atom stereocenters. The van der Waals surface area contributed by atoms with Gasteiger partial charge in [0.15, 0.2) is 0 Å². The summed E-state index contributed by atoms with van der Waals surface area (Å²) in [6.07, 6.45) is -4.35. The zero-order valence-electron chi connectivity index (χ0n) is 8.94. The minimum Gasteiger partial charge on any atom is -0.322 e. The number of alkyl halides is 3. The molecular formula is C11H14F3N. The van der Waals surface area contributed by atoms with Gasteiger partial charge in [-0.1, -0.05) is 12.1 Å². The molecule has 0 aliphatic heterocycles. The second kappa shape index (κ2) is 3.52. The first-order valence-electron chi connectivity index (χ1n) is 4.60. The minimum atomic E-state index is -4.35. The van der Waals surface area contributed by atoms with E-state index < -0.39 is 17.3 Å². The average molecular weight is 217 g/mol. The molecule has 0 amide bonds. The predicted molar refractivity (Wildman–Crippen MR) is 53.4 cm³/mol. The Morgan fingerprint density at radius 3 is 2.00 bits per heavy atom. The first kappa shape index (κ1) is 12.0. The summed E-state index contributed by atoms with van der Waals surface area (Å²) in [7, 11) is 0. The lowest BCUT2D eigenvalue weighted by atomic mass is 9.87. The zero-order valence-corrected chi connectivity index (χ0v) is 8.94. The van der Waals surface area contributed by atoms with Gasteiger partial charge >= 0.3 is 6.18 Å². The lowest BCUT2D eigenvalue weighted by molar-refractivity contribution is -0.138. The molecule has 0 spiro atoms. The van der Waals surface area contributed by atoms with Gasteiger partial charge in [-0.05, 0) is 38.0 Å². The monoisotopic (exact) mass is 217 g/mol. The van der Waals surface area contributed by atoms with Crippen LogP contribution in [0, 0.1) is 6.92 Å². The molecule has 0 bridgehead atoms. The summed E-state index contributed by atoms with van der Waals surface area (Å²) >= 11 is 0. The molecule has 1 nitrogen and oxygen atoms in total. The number of rotatable bonds is 1. The summed E-state index contributed by atoms with van der Waals surface area (Å²) in [6, 6.07) is 4.10. The van der Waals surface area contributed by atoms with E-state index in [4.69, 9.17) is 5.73 Å². The number of benzene rings is 1. The summed E-state index contributed by atoms with van der Waals surface area (Å²) in [4.78, 5) is 0. The van der Waals surface area contributed by atoms with Gasteiger partial charge in [0, 0.05) is 5.54 Å². The fraction of sp³-hybridized carbons (Fsp3) is 0.455. The molecule has 0 saturated carbocycles. The molecule has 2 N–H and O–H groups in total. The molecule has 0 aromatic heterocycles. The fourth-order valence-electron chi connectivity index (χ4n) is 1.76. The van der Waals surface area contributed by atoms with Crippen LogP contribution < -0.4 is 5.73 Å². The number of nitrogens with two attached hydrogens (primary N) is 1. The lowest BCUT2D eigenvalue weighted by Crippen LogP contribution is -2.32. The second-order valence-electron chi connectivity index (χ2n) is 4.22. The maximum absolute atomic E-state index is 12.7. The third-order valence-corrected chi connectivity index (χ3v) is 2.22. The van der Waals surface area contributed by atoms with Crippen LogP contribution in [0.5, 0.6) is 0 Å². The summed E-state index contributed by atoms with van der Waals surface area (Å²) in [5.74, 6) is 0. The van der Waals surface area contributed by atoms with Gasteiger partial charge in [-0.25, -0.2) is 0 Å². The number of aryl methyl sites for hydroxylation is 1. The van der Waals surface area contributed by atoms with Gasteiger partial charge in [0.25, 0.3) is 0 Å². The normalized spacial score (nSPS) is 13.0. The number of hydrogen-bond acceptors (Lipinski definition) is 1. The smallest absolute Gasteiger partial charge is 0.322 e. The van der Waals surface area contributed by atoms with Crippen molar-refractivity contribution in [3.8, 4) is 0 Å². The Morgan fingerprint density at radius 2 is 1.67 bits per heavy atom. The summed E-state index contributed by atoms with van der Waals surface area (Å²) in [6.45, 7) is 4.79. The van der Waals surface area contributed by atoms with E-state index in [-0.39, 0.29) is 5.56 Å². The zero-order chi connectivity index (χ0) is 11.9. The molecule has 0 saturated heterocycles. The van der Waals surface area contributed by atoms with Gasteiger partial charge < -0.3 is 5.73 Å². The largest absolute Gasteiger partial charge is 0.416 e. The molecule has 84 valence electrons. The fourth-order valence-corrected chi connectivity index (χ4v) is 1.76. The van der Waals surface area contributed by atoms with Crippen molar-refractivity contribution in [1.82, 2.24) is 0 Å². The van der Waals surface area contributed by atoms with Crippen LogP contribution in [0.25, 0.3) is 0 Å². The number of hydrogen-bond donors (Lipinski definition) is 1. The van der Waals surface area contributed by atoms with E-state index in [2.05, 4.69) is 0 Å². The molecule has 0 atom stereocenters. The van der Waals surface area contributed by atoms with E-state index in [1.54, 1.807) is 26.8 Å². The third-order valence-electron chi connectivity index (χ3n) is 2.22. The molecule has 1 rings (SSSR count). The summed E-state index contributed by atoms with van der Waals surface area (Å²) in [5, 5.41) is 0. The topological polar surface area (TPSA) is 26.0 Å². The third kappa shape index (κ3) is 2.50. The predicted octanol–water partition coefficient (Wildman–Crippen LogP) is 3.21. The Hall–Kier alpha value is -1.03. The second-order valence-corrected chi connectivity index (χ2v) is 4.22. The highest BCUT2D eigenvalue weighted by Crippen LogP contribution is 2.37. The molecule has 0 heterocycles. The van der Waals surface area contributed by atoms with Crippen LogP contribution in [0.1, 0.15) is 30.5 Å². The van der Waals surface area contributed by atoms with Crippen molar-refractivity contribution in [3.05, 3.63) is 34.9 Å². The van der Waals surface area contributed by atoms with Crippen LogP contribution in [0.15, 0.2) is 18.2 Å². The van der Waals surface area contributed by atoms with Crippen molar-refractivity contribution in [3.63, 3.8) is 0 Å². The van der Waals surface area contributed by atoms with Gasteiger partial charge in [0.2, 0.25) is 0 Å². The molecule has 15 heavy (non-hydrogen) atoms. The Kier molecular flexibility index (Phi) is 2.83. The van der Waals surface area contributed by atoms with E-state index in [1.165, 1.54) is 6.07 Å². The standard InChI is InChI=1S/C11H14F3N/c1-7-5-4-6-8(11(12,13)14)9(7)10(2,3)15/h4-6H,15H2,1-3H3. The molecule has 1 aromatic carbocycles. The van der Waals surface area contributed by atoms with Crippen LogP contribution in [0.2, 0.25) is 0 Å². The van der Waals surface area contributed by atoms with Crippen molar-refractivity contribution in [1.29, 1.82) is 0 Å². The van der Waals surface area contributed by atoms with Crippen molar-refractivity contribution in [2.45, 2.75) is 32.5 Å². The van der Waals surface area contributed by atoms with Crippen LogP contribution in [0.3, 0.4) is 0 Å². The highest BCUT2D eigenvalue weighted by molar-refractivity contribution is 5.40. The maximum atomic E-state index is 12.7. The summed E-state index contributed by atoms with van der Waals surface area (Å²) < 4.78 is 38.1. The van der Waals surface area contributed by atoms with Gasteiger partial charge in [-0.15, -0.1) is 0 Å². The molecule has 0 aliphatic carbocycles. The van der Waals surface area contributed by atoms with E-state index in [9.17, 15) is 13.2 Å². The van der Waals surface area contributed by atoms with Crippen LogP contribution in [-0.4, -0.2) is 0 Å². The molecule has 0 radical (unpaired) electrons. The molecule has 0 fully saturated rings. The molecule has 4 heteroatoms. The van der Waals surface area contributed by atoms with E-state index >= 15 is 0 Å². The van der Waals surface area contributed by atoms with Gasteiger partial charge in [-0.3, -0.25) is 0 Å². The maximum Gasteiger partial charge on any atom is 0.416 e. The SMILES string of the molecule is Cc1cccc(C(F)(F)F)c1C(C)(C)N. The van der Waals surface area contributed by atoms with Gasteiger partial charge in [0.05, 0.1) is 5.56 Å². The van der Waals surface area contributed by atoms with Crippen LogP contribution in [-0.2, 0) is 11.7 Å². The Labute approximate surface area is 87.1 Å². The highest BCUT2D eigenvalue weighted by Gasteiger charge is 2.37. The first-order chi connectivity index (χ1) is 6.64. The van der Waals surface area contributed by atoms with E-state index in [0.29, 0.717) is 5.56 Å². The van der Waals surface area contributed by atoms with Gasteiger partial charge in [0.1, 0.15) is 0 Å². The lowest BCUT2D eigenvalue weighted by Gasteiger charge is -2.26. The van der Waals surface area contributed by atoms with E-state index in [1.807, 2.05) is 0 Å². The number of halogens is 3. The van der Waals surface area contributed by atoms with Crippen LogP contribution >= 0.6 is 0 Å². The Bertz CT molecular complexity index is 361. The first-order valence-corrected chi connectivity index (χ1v) is 4.60. The highest BCUT2D eigenvalue weighted by atomic mass is 19.4. The van der Waals surface area contributed by atoms with Crippen molar-refractivity contribution in [2.24, 2.45) is 5.73 Å². The molecular weight excluding hydrogens is 203 g/mol. The average Bonchev–Trinajstić information content (AvgIpc) is 1.99. The van der Waals surface area contributed by atoms with Crippen LogP contribution in [0.4, 0.5) is 13.2 Å². The van der Waals surface area contributed by atoms with Crippen molar-refractivity contribution >= 4 is 0 Å².